The molecule has 0 saturated heterocycles. The summed E-state index contributed by atoms with van der Waals surface area (Å²) in [7, 11) is 0. The van der Waals surface area contributed by atoms with E-state index in [0.717, 1.165) is 11.3 Å². The minimum absolute atomic E-state index is 0.00000420. The molecule has 1 heterocycles. The molecule has 3 aromatic rings. The molecule has 10 heteroatoms. The Hall–Kier alpha value is -2.81. The van der Waals surface area contributed by atoms with Gasteiger partial charge in [-0.15, -0.1) is 16.8 Å². The zero-order chi connectivity index (χ0) is 25.5. The second kappa shape index (κ2) is 12.2. The van der Waals surface area contributed by atoms with E-state index in [1.807, 2.05) is 49.6 Å². The number of hydrogen-bond donors (Lipinski definition) is 2. The van der Waals surface area contributed by atoms with Gasteiger partial charge in [-0.3, -0.25) is 9.59 Å². The number of para-hydroxylation sites is 1. The Morgan fingerprint density at radius 2 is 1.91 bits per heavy atom. The number of benzene rings is 2. The van der Waals surface area contributed by atoms with Crippen molar-refractivity contribution in [3.8, 4) is 0 Å². The number of allylic oxidation sites excluding steroid dienone is 1. The molecule has 7 nitrogen and oxygen atoms in total. The van der Waals surface area contributed by atoms with Crippen LogP contribution in [0.15, 0.2) is 60.3 Å². The molecule has 0 fully saturated rings. The van der Waals surface area contributed by atoms with Crippen LogP contribution in [0.5, 0.6) is 0 Å². The number of nitrogens with one attached hydrogen (secondary N) is 2. The smallest absolute Gasteiger partial charge is 0.253 e. The molecule has 0 saturated carbocycles. The van der Waals surface area contributed by atoms with Gasteiger partial charge in [0.1, 0.15) is 0 Å². The van der Waals surface area contributed by atoms with Gasteiger partial charge in [0.05, 0.1) is 22.4 Å². The Bertz CT molecular complexity index is 1230. The van der Waals surface area contributed by atoms with Crippen LogP contribution in [0, 0.1) is 12.8 Å². The van der Waals surface area contributed by atoms with E-state index in [2.05, 4.69) is 27.4 Å². The van der Waals surface area contributed by atoms with Gasteiger partial charge in [0.25, 0.3) is 5.91 Å². The molecule has 2 amide bonds. The van der Waals surface area contributed by atoms with Crippen molar-refractivity contribution >= 4 is 52.5 Å². The van der Waals surface area contributed by atoms with Gasteiger partial charge in [-0.2, -0.15) is 0 Å². The van der Waals surface area contributed by atoms with E-state index < -0.39 is 6.04 Å². The molecule has 184 valence electrons. The SMILES string of the molecule is C=CCn1c(SCC(=O)Nc2ccccc2C)nnc1[C@H](NC(=O)c1ccc(Cl)cc1Cl)C(C)C. The number of anilines is 1. The molecule has 0 bridgehead atoms. The molecule has 3 rings (SSSR count). The first-order valence-corrected chi connectivity index (χ1v) is 12.7. The van der Waals surface area contributed by atoms with E-state index in [0.29, 0.717) is 28.1 Å². The third-order valence-corrected chi connectivity index (χ3v) is 6.73. The highest BCUT2D eigenvalue weighted by atomic mass is 35.5. The third-order valence-electron chi connectivity index (χ3n) is 5.22. The largest absolute Gasteiger partial charge is 0.342 e. The monoisotopic (exact) mass is 531 g/mol. The lowest BCUT2D eigenvalue weighted by Gasteiger charge is -2.23. The maximum Gasteiger partial charge on any atom is 0.253 e. The first-order valence-electron chi connectivity index (χ1n) is 11.0. The number of aryl methyl sites for hydroxylation is 1. The summed E-state index contributed by atoms with van der Waals surface area (Å²) in [6, 6.07) is 11.9. The maximum absolute atomic E-state index is 13.0. The average Bonchev–Trinajstić information content (AvgIpc) is 3.19. The van der Waals surface area contributed by atoms with Gasteiger partial charge in [0.15, 0.2) is 11.0 Å². The molecule has 0 spiro atoms. The summed E-state index contributed by atoms with van der Waals surface area (Å²) in [5.74, 6) is 0.235. The number of thioether (sulfide) groups is 1. The number of nitrogens with zero attached hydrogens (tertiary/aromatic N) is 3. The Balaban J connectivity index is 1.78. The normalized spacial score (nSPS) is 11.8. The van der Waals surface area contributed by atoms with Crippen LogP contribution < -0.4 is 10.6 Å². The number of amides is 2. The Morgan fingerprint density at radius 3 is 2.57 bits per heavy atom. The number of carbonyl (C=O) groups excluding carboxylic acids is 2. The van der Waals surface area contributed by atoms with Crippen molar-refractivity contribution in [2.75, 3.05) is 11.1 Å². The van der Waals surface area contributed by atoms with Crippen LogP contribution in [-0.4, -0.2) is 32.3 Å². The second-order valence-corrected chi connectivity index (χ2v) is 10.00. The van der Waals surface area contributed by atoms with Crippen LogP contribution in [0.3, 0.4) is 0 Å². The minimum Gasteiger partial charge on any atom is -0.342 e. The lowest BCUT2D eigenvalue weighted by molar-refractivity contribution is -0.113. The summed E-state index contributed by atoms with van der Waals surface area (Å²) in [6.07, 6.45) is 1.72. The zero-order valence-electron chi connectivity index (χ0n) is 19.7. The van der Waals surface area contributed by atoms with Gasteiger partial charge < -0.3 is 15.2 Å². The van der Waals surface area contributed by atoms with Crippen molar-refractivity contribution in [1.82, 2.24) is 20.1 Å². The molecule has 0 radical (unpaired) electrons. The fourth-order valence-corrected chi connectivity index (χ4v) is 4.64. The summed E-state index contributed by atoms with van der Waals surface area (Å²) in [4.78, 5) is 25.5. The van der Waals surface area contributed by atoms with Crippen molar-refractivity contribution in [3.63, 3.8) is 0 Å². The van der Waals surface area contributed by atoms with Crippen molar-refractivity contribution in [2.24, 2.45) is 5.92 Å². The topological polar surface area (TPSA) is 88.9 Å². The van der Waals surface area contributed by atoms with E-state index in [4.69, 9.17) is 23.2 Å². The summed E-state index contributed by atoms with van der Waals surface area (Å²) < 4.78 is 1.85. The van der Waals surface area contributed by atoms with Gasteiger partial charge in [-0.25, -0.2) is 0 Å². The molecule has 0 aliphatic heterocycles. The van der Waals surface area contributed by atoms with Crippen LogP contribution in [-0.2, 0) is 11.3 Å². The Kier molecular flexibility index (Phi) is 9.37. The predicted molar refractivity (Wildman–Crippen MR) is 142 cm³/mol. The molecule has 0 aliphatic carbocycles. The van der Waals surface area contributed by atoms with E-state index in [1.54, 1.807) is 18.2 Å². The van der Waals surface area contributed by atoms with Crippen LogP contribution in [0.2, 0.25) is 10.0 Å². The number of carbonyl (C=O) groups is 2. The fourth-order valence-electron chi connectivity index (χ4n) is 3.39. The van der Waals surface area contributed by atoms with Crippen molar-refractivity contribution in [1.29, 1.82) is 0 Å². The number of rotatable bonds is 10. The highest BCUT2D eigenvalue weighted by Crippen LogP contribution is 2.27. The van der Waals surface area contributed by atoms with Gasteiger partial charge in [-0.05, 0) is 42.7 Å². The van der Waals surface area contributed by atoms with Crippen molar-refractivity contribution in [3.05, 3.63) is 82.1 Å². The molecule has 2 aromatic carbocycles. The highest BCUT2D eigenvalue weighted by Gasteiger charge is 2.27. The fraction of sp³-hybridized carbons (Fsp3) is 0.280. The molecular weight excluding hydrogens is 505 g/mol. The van der Waals surface area contributed by atoms with Crippen LogP contribution >= 0.6 is 35.0 Å². The van der Waals surface area contributed by atoms with Gasteiger partial charge in [-0.1, -0.05) is 73.1 Å². The molecular formula is C25H27Cl2N5O2S. The summed E-state index contributed by atoms with van der Waals surface area (Å²) in [5, 5.41) is 15.9. The third kappa shape index (κ3) is 6.87. The lowest BCUT2D eigenvalue weighted by Crippen LogP contribution is -2.34. The first kappa shape index (κ1) is 26.8. The van der Waals surface area contributed by atoms with Gasteiger partial charge in [0, 0.05) is 17.3 Å². The second-order valence-electron chi connectivity index (χ2n) is 8.21. The van der Waals surface area contributed by atoms with Crippen molar-refractivity contribution in [2.45, 2.75) is 38.5 Å². The molecule has 0 aliphatic rings. The van der Waals surface area contributed by atoms with Crippen molar-refractivity contribution < 1.29 is 9.59 Å². The first-order chi connectivity index (χ1) is 16.7. The predicted octanol–water partition coefficient (Wildman–Crippen LogP) is 5.94. The molecule has 2 N–H and O–H groups in total. The molecule has 1 atom stereocenters. The standard InChI is InChI=1S/C25H27Cl2N5O2S/c1-5-12-32-23(22(15(2)3)29-24(34)18-11-10-17(26)13-19(18)27)30-31-25(32)35-14-21(33)28-20-9-7-6-8-16(20)4/h5-11,13,15,22H,1,12,14H2,2-4H3,(H,28,33)(H,29,34)/t22-/m1/s1. The lowest BCUT2D eigenvalue weighted by atomic mass is 10.0. The average molecular weight is 532 g/mol. The summed E-state index contributed by atoms with van der Waals surface area (Å²) in [5.41, 5.74) is 2.08. The van der Waals surface area contributed by atoms with E-state index in [1.165, 1.54) is 17.8 Å². The van der Waals surface area contributed by atoms with Crippen LogP contribution in [0.4, 0.5) is 5.69 Å². The van der Waals surface area contributed by atoms with Crippen LogP contribution in [0.1, 0.15) is 41.6 Å². The molecule has 0 unspecified atom stereocenters. The summed E-state index contributed by atoms with van der Waals surface area (Å²) in [6.45, 7) is 10.1. The van der Waals surface area contributed by atoms with E-state index in [-0.39, 0.29) is 28.5 Å². The Labute approximate surface area is 219 Å². The number of hydrogen-bond acceptors (Lipinski definition) is 5. The highest BCUT2D eigenvalue weighted by molar-refractivity contribution is 7.99. The molecule has 35 heavy (non-hydrogen) atoms. The zero-order valence-corrected chi connectivity index (χ0v) is 22.0. The molecule has 1 aromatic heterocycles. The van der Waals surface area contributed by atoms with E-state index >= 15 is 0 Å². The number of aromatic nitrogens is 3. The minimum atomic E-state index is -0.447. The van der Waals surface area contributed by atoms with Crippen LogP contribution in [0.25, 0.3) is 0 Å². The maximum atomic E-state index is 13.0. The summed E-state index contributed by atoms with van der Waals surface area (Å²) >= 11 is 13.5. The number of halogens is 2. The quantitative estimate of drug-likeness (QED) is 0.249. The van der Waals surface area contributed by atoms with E-state index in [9.17, 15) is 9.59 Å². The Morgan fingerprint density at radius 1 is 1.17 bits per heavy atom. The van der Waals surface area contributed by atoms with Gasteiger partial charge in [0.2, 0.25) is 5.91 Å². The van der Waals surface area contributed by atoms with Gasteiger partial charge >= 0.3 is 0 Å².